The van der Waals surface area contributed by atoms with Crippen LogP contribution in [0.25, 0.3) is 0 Å². The highest BCUT2D eigenvalue weighted by atomic mass is 32.2. The molecule has 0 aliphatic carbocycles. The number of ketones is 1. The van der Waals surface area contributed by atoms with Gasteiger partial charge in [-0.3, -0.25) is 4.79 Å². The molecule has 1 aliphatic heterocycles. The summed E-state index contributed by atoms with van der Waals surface area (Å²) in [6, 6.07) is 5.85. The maximum Gasteiger partial charge on any atom is 0.192 e. The lowest BCUT2D eigenvalue weighted by atomic mass is 10.0. The topological polar surface area (TPSA) is 26.3 Å². The van der Waals surface area contributed by atoms with Crippen LogP contribution in [-0.4, -0.2) is 30.0 Å². The zero-order chi connectivity index (χ0) is 11.5. The predicted octanol–water partition coefficient (Wildman–Crippen LogP) is 2.62. The Morgan fingerprint density at radius 2 is 2.19 bits per heavy atom. The summed E-state index contributed by atoms with van der Waals surface area (Å²) in [5.74, 6) is 1.90. The van der Waals surface area contributed by atoms with Crippen LogP contribution in [0.2, 0.25) is 0 Å². The summed E-state index contributed by atoms with van der Waals surface area (Å²) >= 11 is 1.79. The van der Waals surface area contributed by atoms with Crippen molar-refractivity contribution in [1.82, 2.24) is 0 Å². The summed E-state index contributed by atoms with van der Waals surface area (Å²) in [5.41, 5.74) is 3.15. The van der Waals surface area contributed by atoms with Crippen LogP contribution in [0.5, 0.6) is 0 Å². The first-order valence-corrected chi connectivity index (χ1v) is 6.65. The van der Waals surface area contributed by atoms with Crippen LogP contribution in [-0.2, 0) is 4.74 Å². The molecule has 0 bridgehead atoms. The fraction of sp³-hybridized carbons (Fsp3) is 0.462. The van der Waals surface area contributed by atoms with Crippen LogP contribution in [0.4, 0.5) is 0 Å². The average molecular weight is 236 g/mol. The normalized spacial score (nSPS) is 20.8. The molecule has 0 saturated carbocycles. The second-order valence-electron chi connectivity index (χ2n) is 4.10. The highest BCUT2D eigenvalue weighted by Gasteiger charge is 2.23. The van der Waals surface area contributed by atoms with Gasteiger partial charge in [0.05, 0.1) is 6.61 Å². The zero-order valence-corrected chi connectivity index (χ0v) is 10.5. The summed E-state index contributed by atoms with van der Waals surface area (Å²) in [4.78, 5) is 12.1. The molecule has 16 heavy (non-hydrogen) atoms. The van der Waals surface area contributed by atoms with E-state index in [9.17, 15) is 4.79 Å². The summed E-state index contributed by atoms with van der Waals surface area (Å²) in [7, 11) is 0. The molecule has 1 unspecified atom stereocenters. The van der Waals surface area contributed by atoms with Crippen molar-refractivity contribution in [1.29, 1.82) is 0 Å². The van der Waals surface area contributed by atoms with Crippen molar-refractivity contribution in [3.8, 4) is 0 Å². The minimum absolute atomic E-state index is 0.121. The molecule has 0 spiro atoms. The Labute approximate surface area is 100 Å². The van der Waals surface area contributed by atoms with Gasteiger partial charge in [-0.05, 0) is 31.0 Å². The van der Waals surface area contributed by atoms with Crippen LogP contribution in [0.1, 0.15) is 21.5 Å². The van der Waals surface area contributed by atoms with E-state index in [0.717, 1.165) is 22.6 Å². The zero-order valence-electron chi connectivity index (χ0n) is 9.66. The molecule has 0 amide bonds. The fourth-order valence-electron chi connectivity index (χ4n) is 1.72. The van der Waals surface area contributed by atoms with Crippen molar-refractivity contribution in [2.45, 2.75) is 20.0 Å². The largest absolute Gasteiger partial charge is 0.368 e. The highest BCUT2D eigenvalue weighted by molar-refractivity contribution is 7.99. The van der Waals surface area contributed by atoms with Crippen LogP contribution >= 0.6 is 11.8 Å². The number of hydrogen-bond donors (Lipinski definition) is 0. The van der Waals surface area contributed by atoms with Gasteiger partial charge < -0.3 is 4.74 Å². The third kappa shape index (κ3) is 2.47. The van der Waals surface area contributed by atoms with E-state index in [0.29, 0.717) is 6.61 Å². The first-order valence-electron chi connectivity index (χ1n) is 5.49. The number of ether oxygens (including phenoxy) is 1. The highest BCUT2D eigenvalue weighted by Crippen LogP contribution is 2.18. The quantitative estimate of drug-likeness (QED) is 0.738. The SMILES string of the molecule is Cc1ccc(C(=O)C2CSCCO2)cc1C. The molecule has 3 heteroatoms. The van der Waals surface area contributed by atoms with Crippen LogP contribution < -0.4 is 0 Å². The second-order valence-corrected chi connectivity index (χ2v) is 5.25. The van der Waals surface area contributed by atoms with Crippen LogP contribution in [0.15, 0.2) is 18.2 Å². The van der Waals surface area contributed by atoms with Gasteiger partial charge in [0, 0.05) is 17.1 Å². The molecule has 1 aromatic carbocycles. The molecule has 2 rings (SSSR count). The third-order valence-electron chi connectivity index (χ3n) is 2.90. The van der Waals surface area contributed by atoms with Gasteiger partial charge in [-0.15, -0.1) is 0 Å². The third-order valence-corrected chi connectivity index (χ3v) is 3.89. The smallest absolute Gasteiger partial charge is 0.192 e. The first-order chi connectivity index (χ1) is 7.68. The van der Waals surface area contributed by atoms with Gasteiger partial charge in [0.25, 0.3) is 0 Å². The number of thioether (sulfide) groups is 1. The molecule has 1 saturated heterocycles. The molecule has 86 valence electrons. The lowest BCUT2D eigenvalue weighted by Gasteiger charge is -2.21. The van der Waals surface area contributed by atoms with Gasteiger partial charge in [-0.2, -0.15) is 11.8 Å². The number of rotatable bonds is 2. The molecular weight excluding hydrogens is 220 g/mol. The summed E-state index contributed by atoms with van der Waals surface area (Å²) in [6.45, 7) is 4.77. The van der Waals surface area contributed by atoms with E-state index in [1.54, 1.807) is 11.8 Å². The van der Waals surface area contributed by atoms with E-state index in [1.165, 1.54) is 5.56 Å². The maximum atomic E-state index is 12.1. The van der Waals surface area contributed by atoms with E-state index in [4.69, 9.17) is 4.74 Å². The van der Waals surface area contributed by atoms with Crippen molar-refractivity contribution in [3.63, 3.8) is 0 Å². The molecular formula is C13H16O2S. The van der Waals surface area contributed by atoms with E-state index in [1.807, 2.05) is 25.1 Å². The molecule has 0 N–H and O–H groups in total. The summed E-state index contributed by atoms with van der Waals surface area (Å²) in [6.07, 6.45) is -0.249. The molecule has 1 aliphatic rings. The Morgan fingerprint density at radius 3 is 2.81 bits per heavy atom. The van der Waals surface area contributed by atoms with Gasteiger partial charge in [0.15, 0.2) is 5.78 Å². The second kappa shape index (κ2) is 5.02. The molecule has 1 aromatic rings. The van der Waals surface area contributed by atoms with Gasteiger partial charge in [0.2, 0.25) is 0 Å². The monoisotopic (exact) mass is 236 g/mol. The minimum Gasteiger partial charge on any atom is -0.368 e. The van der Waals surface area contributed by atoms with Crippen molar-refractivity contribution in [2.24, 2.45) is 0 Å². The van der Waals surface area contributed by atoms with Gasteiger partial charge in [-0.1, -0.05) is 12.1 Å². The van der Waals surface area contributed by atoms with Crippen molar-refractivity contribution < 1.29 is 9.53 Å². The van der Waals surface area contributed by atoms with Crippen molar-refractivity contribution in [2.75, 3.05) is 18.1 Å². The molecule has 0 aromatic heterocycles. The number of carbonyl (C=O) groups is 1. The molecule has 2 nitrogen and oxygen atoms in total. The first kappa shape index (κ1) is 11.7. The number of benzene rings is 1. The Hall–Kier alpha value is -0.800. The Balaban J connectivity index is 2.16. The lowest BCUT2D eigenvalue weighted by molar-refractivity contribution is 0.0519. The van der Waals surface area contributed by atoms with Crippen LogP contribution in [0, 0.1) is 13.8 Å². The molecule has 1 atom stereocenters. The van der Waals surface area contributed by atoms with Gasteiger partial charge >= 0.3 is 0 Å². The molecule has 1 fully saturated rings. The average Bonchev–Trinajstić information content (AvgIpc) is 2.33. The Bertz CT molecular complexity index is 395. The number of aryl methyl sites for hydroxylation is 2. The lowest BCUT2D eigenvalue weighted by Crippen LogP contribution is -2.31. The molecule has 0 radical (unpaired) electrons. The minimum atomic E-state index is -0.249. The van der Waals surface area contributed by atoms with Gasteiger partial charge in [-0.25, -0.2) is 0 Å². The van der Waals surface area contributed by atoms with Gasteiger partial charge in [0.1, 0.15) is 6.10 Å². The Morgan fingerprint density at radius 1 is 1.38 bits per heavy atom. The van der Waals surface area contributed by atoms with E-state index in [-0.39, 0.29) is 11.9 Å². The van der Waals surface area contributed by atoms with E-state index < -0.39 is 0 Å². The fourth-order valence-corrected chi connectivity index (χ4v) is 2.56. The number of hydrogen-bond acceptors (Lipinski definition) is 3. The Kier molecular flexibility index (Phi) is 3.66. The van der Waals surface area contributed by atoms with E-state index in [2.05, 4.69) is 6.92 Å². The van der Waals surface area contributed by atoms with E-state index >= 15 is 0 Å². The number of Topliss-reactive ketones (excluding diaryl/α,β-unsaturated/α-hetero) is 1. The molecule has 1 heterocycles. The van der Waals surface area contributed by atoms with Crippen LogP contribution in [0.3, 0.4) is 0 Å². The van der Waals surface area contributed by atoms with Crippen molar-refractivity contribution >= 4 is 17.5 Å². The number of carbonyl (C=O) groups excluding carboxylic acids is 1. The van der Waals surface area contributed by atoms with Crippen molar-refractivity contribution in [3.05, 3.63) is 34.9 Å². The standard InChI is InChI=1S/C13H16O2S/c1-9-3-4-11(7-10(9)2)13(14)12-8-16-6-5-15-12/h3-4,7,12H,5-6,8H2,1-2H3. The summed E-state index contributed by atoms with van der Waals surface area (Å²) in [5, 5.41) is 0. The maximum absolute atomic E-state index is 12.1. The summed E-state index contributed by atoms with van der Waals surface area (Å²) < 4.78 is 5.49. The predicted molar refractivity (Wildman–Crippen MR) is 67.3 cm³/mol.